The van der Waals surface area contributed by atoms with Crippen LogP contribution in [0.5, 0.6) is 5.75 Å². The maximum Gasteiger partial charge on any atom is 0.241 e. The lowest BCUT2D eigenvalue weighted by Crippen LogP contribution is -2.40. The second-order valence-electron chi connectivity index (χ2n) is 10.7. The second kappa shape index (κ2) is 9.51. The van der Waals surface area contributed by atoms with Crippen molar-refractivity contribution in [3.8, 4) is 5.75 Å². The fourth-order valence-electron chi connectivity index (χ4n) is 4.28. The lowest BCUT2D eigenvalue weighted by Gasteiger charge is -2.30. The molecule has 1 aromatic carbocycles. The SMILES string of the molecule is CCNC(=O)C(NCC1CCCCC1)c1cc(C(C)(C)C)c(O)c(C(C)(C)C)c1. The molecular formula is C25H42N2O2. The fourth-order valence-corrected chi connectivity index (χ4v) is 4.28. The van der Waals surface area contributed by atoms with Crippen LogP contribution in [0.15, 0.2) is 12.1 Å². The van der Waals surface area contributed by atoms with Crippen LogP contribution in [0, 0.1) is 5.92 Å². The van der Waals surface area contributed by atoms with Crippen LogP contribution in [-0.4, -0.2) is 24.1 Å². The minimum absolute atomic E-state index is 0.00807. The van der Waals surface area contributed by atoms with E-state index in [-0.39, 0.29) is 16.7 Å². The Hall–Kier alpha value is -1.55. The van der Waals surface area contributed by atoms with Crippen molar-refractivity contribution in [2.24, 2.45) is 5.92 Å². The molecule has 0 aliphatic heterocycles. The van der Waals surface area contributed by atoms with Gasteiger partial charge in [-0.15, -0.1) is 0 Å². The summed E-state index contributed by atoms with van der Waals surface area (Å²) in [4.78, 5) is 13.0. The molecule has 0 saturated heterocycles. The Bertz CT molecular complexity index is 657. The number of hydrogen-bond donors (Lipinski definition) is 3. The quantitative estimate of drug-likeness (QED) is 0.602. The van der Waals surface area contributed by atoms with Gasteiger partial charge in [0.25, 0.3) is 0 Å². The molecule has 4 nitrogen and oxygen atoms in total. The van der Waals surface area contributed by atoms with Gasteiger partial charge >= 0.3 is 0 Å². The zero-order valence-electron chi connectivity index (χ0n) is 19.6. The van der Waals surface area contributed by atoms with Crippen LogP contribution < -0.4 is 10.6 Å². The Morgan fingerprint density at radius 2 is 1.55 bits per heavy atom. The van der Waals surface area contributed by atoms with E-state index in [1.165, 1.54) is 32.1 Å². The Labute approximate surface area is 177 Å². The monoisotopic (exact) mass is 402 g/mol. The number of nitrogens with one attached hydrogen (secondary N) is 2. The van der Waals surface area contributed by atoms with Crippen LogP contribution in [0.4, 0.5) is 0 Å². The van der Waals surface area contributed by atoms with E-state index in [0.29, 0.717) is 18.2 Å². The van der Waals surface area contributed by atoms with Crippen molar-refractivity contribution in [3.63, 3.8) is 0 Å². The van der Waals surface area contributed by atoms with Gasteiger partial charge in [0.05, 0.1) is 0 Å². The molecule has 0 aromatic heterocycles. The number of amides is 1. The summed E-state index contributed by atoms with van der Waals surface area (Å²) in [7, 11) is 0. The van der Waals surface area contributed by atoms with Crippen LogP contribution in [0.25, 0.3) is 0 Å². The number of likely N-dealkylation sites (N-methyl/N-ethyl adjacent to an activating group) is 1. The normalized spacial score (nSPS) is 17.2. The van der Waals surface area contributed by atoms with E-state index in [4.69, 9.17) is 0 Å². The van der Waals surface area contributed by atoms with Crippen molar-refractivity contribution in [3.05, 3.63) is 28.8 Å². The van der Waals surface area contributed by atoms with Gasteiger partial charge < -0.3 is 15.7 Å². The molecule has 3 N–H and O–H groups in total. The Morgan fingerprint density at radius 1 is 1.03 bits per heavy atom. The fraction of sp³-hybridized carbons (Fsp3) is 0.720. The van der Waals surface area contributed by atoms with Crippen LogP contribution in [0.1, 0.15) is 103 Å². The third-order valence-corrected chi connectivity index (χ3v) is 6.03. The molecule has 1 saturated carbocycles. The third kappa shape index (κ3) is 6.21. The molecule has 4 heteroatoms. The van der Waals surface area contributed by atoms with Crippen molar-refractivity contribution in [2.45, 2.75) is 97.4 Å². The summed E-state index contributed by atoms with van der Waals surface area (Å²) >= 11 is 0. The minimum Gasteiger partial charge on any atom is -0.507 e. The first-order chi connectivity index (χ1) is 13.4. The molecule has 2 rings (SSSR count). The first-order valence-corrected chi connectivity index (χ1v) is 11.3. The number of rotatable bonds is 6. The number of benzene rings is 1. The standard InChI is InChI=1S/C25H42N2O2/c1-8-26-23(29)21(27-16-17-12-10-9-11-13-17)18-14-19(24(2,3)4)22(28)20(15-18)25(5,6)7/h14-15,17,21,27-28H,8-13,16H2,1-7H3,(H,26,29). The number of phenols is 1. The Morgan fingerprint density at radius 3 is 2.00 bits per heavy atom. The molecule has 1 unspecified atom stereocenters. The van der Waals surface area contributed by atoms with Gasteiger partial charge in [-0.25, -0.2) is 0 Å². The van der Waals surface area contributed by atoms with Gasteiger partial charge in [-0.1, -0.05) is 60.8 Å². The van der Waals surface area contributed by atoms with Crippen LogP contribution in [-0.2, 0) is 15.6 Å². The summed E-state index contributed by atoms with van der Waals surface area (Å²) in [6.07, 6.45) is 6.40. The van der Waals surface area contributed by atoms with Crippen molar-refractivity contribution in [1.82, 2.24) is 10.6 Å². The van der Waals surface area contributed by atoms with Crippen molar-refractivity contribution < 1.29 is 9.90 Å². The van der Waals surface area contributed by atoms with E-state index < -0.39 is 6.04 Å². The van der Waals surface area contributed by atoms with Gasteiger partial charge in [-0.2, -0.15) is 0 Å². The van der Waals surface area contributed by atoms with E-state index >= 15 is 0 Å². The Balaban J connectivity index is 2.45. The molecule has 29 heavy (non-hydrogen) atoms. The van der Waals surface area contributed by atoms with Gasteiger partial charge in [0, 0.05) is 6.54 Å². The molecule has 1 aromatic rings. The molecule has 1 fully saturated rings. The van der Waals surface area contributed by atoms with E-state index in [2.05, 4.69) is 52.2 Å². The Kier molecular flexibility index (Phi) is 7.78. The summed E-state index contributed by atoms with van der Waals surface area (Å²) < 4.78 is 0. The second-order valence-corrected chi connectivity index (χ2v) is 10.7. The van der Waals surface area contributed by atoms with E-state index in [0.717, 1.165) is 23.2 Å². The molecule has 1 aliphatic carbocycles. The zero-order valence-corrected chi connectivity index (χ0v) is 19.6. The summed E-state index contributed by atoms with van der Waals surface area (Å²) in [5.41, 5.74) is 2.31. The highest BCUT2D eigenvalue weighted by Crippen LogP contribution is 2.41. The van der Waals surface area contributed by atoms with Crippen LogP contribution in [0.3, 0.4) is 0 Å². The molecule has 1 amide bonds. The highest BCUT2D eigenvalue weighted by molar-refractivity contribution is 5.83. The molecule has 0 radical (unpaired) electrons. The predicted molar refractivity (Wildman–Crippen MR) is 122 cm³/mol. The van der Waals surface area contributed by atoms with Crippen molar-refractivity contribution >= 4 is 5.91 Å². The number of phenolic OH excluding ortho intramolecular Hbond substituents is 1. The topological polar surface area (TPSA) is 61.4 Å². The summed E-state index contributed by atoms with van der Waals surface area (Å²) in [5.74, 6) is 1.01. The summed E-state index contributed by atoms with van der Waals surface area (Å²) in [5, 5.41) is 17.6. The minimum atomic E-state index is -0.403. The van der Waals surface area contributed by atoms with Gasteiger partial charge in [0.1, 0.15) is 11.8 Å². The number of carbonyl (C=O) groups excluding carboxylic acids is 1. The first kappa shape index (κ1) is 23.7. The van der Waals surface area contributed by atoms with Gasteiger partial charge in [0.2, 0.25) is 5.91 Å². The van der Waals surface area contributed by atoms with Gasteiger partial charge in [-0.05, 0) is 71.9 Å². The number of aromatic hydroxyl groups is 1. The maximum atomic E-state index is 13.0. The average molecular weight is 403 g/mol. The molecule has 1 aliphatic rings. The lowest BCUT2D eigenvalue weighted by molar-refractivity contribution is -0.123. The highest BCUT2D eigenvalue weighted by Gasteiger charge is 2.30. The molecular weight excluding hydrogens is 360 g/mol. The maximum absolute atomic E-state index is 13.0. The van der Waals surface area contributed by atoms with Gasteiger partial charge in [-0.3, -0.25) is 4.79 Å². The molecule has 0 bridgehead atoms. The average Bonchev–Trinajstić information content (AvgIpc) is 2.62. The summed E-state index contributed by atoms with van der Waals surface area (Å²) in [6.45, 7) is 16.1. The van der Waals surface area contributed by atoms with E-state index in [9.17, 15) is 9.90 Å². The summed E-state index contributed by atoms with van der Waals surface area (Å²) in [6, 6.07) is 3.65. The zero-order chi connectivity index (χ0) is 21.8. The molecule has 1 atom stereocenters. The number of carbonyl (C=O) groups is 1. The van der Waals surface area contributed by atoms with Crippen LogP contribution in [0.2, 0.25) is 0 Å². The molecule has 0 spiro atoms. The largest absolute Gasteiger partial charge is 0.507 e. The van der Waals surface area contributed by atoms with Gasteiger partial charge in [0.15, 0.2) is 0 Å². The van der Waals surface area contributed by atoms with Crippen molar-refractivity contribution in [2.75, 3.05) is 13.1 Å². The van der Waals surface area contributed by atoms with E-state index in [1.807, 2.05) is 19.1 Å². The molecule has 0 heterocycles. The third-order valence-electron chi connectivity index (χ3n) is 6.03. The van der Waals surface area contributed by atoms with E-state index in [1.54, 1.807) is 0 Å². The lowest BCUT2D eigenvalue weighted by atomic mass is 9.77. The van der Waals surface area contributed by atoms with Crippen molar-refractivity contribution in [1.29, 1.82) is 0 Å². The highest BCUT2D eigenvalue weighted by atomic mass is 16.3. The van der Waals surface area contributed by atoms with Crippen LogP contribution >= 0.6 is 0 Å². The predicted octanol–water partition coefficient (Wildman–Crippen LogP) is 5.33. The smallest absolute Gasteiger partial charge is 0.241 e. The first-order valence-electron chi connectivity index (χ1n) is 11.3. The number of hydrogen-bond acceptors (Lipinski definition) is 3. The molecule has 164 valence electrons.